The molecule has 4 nitrogen and oxygen atoms in total. The normalized spacial score (nSPS) is 19.3. The second-order valence-electron chi connectivity index (χ2n) is 4.99. The maximum atomic E-state index is 13.8. The Morgan fingerprint density at radius 1 is 1.38 bits per heavy atom. The number of nitrogens with zero attached hydrogens (tertiary/aromatic N) is 1. The average molecular weight is 382 g/mol. The molecular formula is C13H14BrF2NO3S. The Balaban J connectivity index is 2.42. The highest BCUT2D eigenvalue weighted by atomic mass is 79.9. The Bertz CT molecular complexity index is 655. The molecule has 2 rings (SSSR count). The number of benzene rings is 1. The van der Waals surface area contributed by atoms with Crippen molar-refractivity contribution >= 4 is 31.9 Å². The number of sulfonamides is 1. The highest BCUT2D eigenvalue weighted by molar-refractivity contribution is 9.10. The number of hydrogen-bond donors (Lipinski definition) is 0. The lowest BCUT2D eigenvalue weighted by atomic mass is 10.0. The summed E-state index contributed by atoms with van der Waals surface area (Å²) in [6, 6.07) is 1.35. The quantitative estimate of drug-likeness (QED) is 0.805. The van der Waals surface area contributed by atoms with E-state index in [1.807, 2.05) is 6.92 Å². The third-order valence-electron chi connectivity index (χ3n) is 3.37. The fraction of sp³-hybridized carbons (Fsp3) is 0.462. The van der Waals surface area contributed by atoms with Crippen LogP contribution in [0.5, 0.6) is 0 Å². The van der Waals surface area contributed by atoms with E-state index in [1.165, 1.54) is 0 Å². The van der Waals surface area contributed by atoms with Crippen LogP contribution in [0.4, 0.5) is 8.78 Å². The van der Waals surface area contributed by atoms with Gasteiger partial charge >= 0.3 is 0 Å². The molecule has 1 aromatic rings. The average Bonchev–Trinajstić information content (AvgIpc) is 2.69. The summed E-state index contributed by atoms with van der Waals surface area (Å²) in [5, 5.41) is 0. The zero-order valence-corrected chi connectivity index (χ0v) is 13.7. The van der Waals surface area contributed by atoms with E-state index in [0.717, 1.165) is 18.9 Å². The molecule has 0 radical (unpaired) electrons. The molecule has 1 unspecified atom stereocenters. The minimum atomic E-state index is -4.32. The standard InChI is InChI=1S/C13H14BrF2NO3S/c1-2-3-8-4-12(18)17(7-8)21(19,20)13-10(14)5-9(15)6-11(13)16/h5-6,8H,2-4,7H2,1H3. The van der Waals surface area contributed by atoms with E-state index in [-0.39, 0.29) is 23.4 Å². The van der Waals surface area contributed by atoms with Gasteiger partial charge < -0.3 is 0 Å². The molecule has 1 aliphatic rings. The first-order valence-electron chi connectivity index (χ1n) is 6.47. The molecule has 0 aromatic heterocycles. The molecule has 8 heteroatoms. The predicted molar refractivity (Wildman–Crippen MR) is 76.0 cm³/mol. The number of hydrogen-bond acceptors (Lipinski definition) is 3. The van der Waals surface area contributed by atoms with Gasteiger partial charge in [-0.1, -0.05) is 13.3 Å². The molecule has 1 aliphatic heterocycles. The van der Waals surface area contributed by atoms with E-state index >= 15 is 0 Å². The van der Waals surface area contributed by atoms with E-state index < -0.39 is 32.5 Å². The van der Waals surface area contributed by atoms with Crippen molar-refractivity contribution in [3.05, 3.63) is 28.2 Å². The Kier molecular flexibility index (Phi) is 4.67. The second kappa shape index (κ2) is 6.00. The number of carbonyl (C=O) groups excluding carboxylic acids is 1. The van der Waals surface area contributed by atoms with Crippen molar-refractivity contribution in [2.75, 3.05) is 6.54 Å². The molecule has 0 N–H and O–H groups in total. The molecule has 1 atom stereocenters. The van der Waals surface area contributed by atoms with Crippen LogP contribution >= 0.6 is 15.9 Å². The molecule has 0 bridgehead atoms. The highest BCUT2D eigenvalue weighted by Crippen LogP contribution is 2.33. The van der Waals surface area contributed by atoms with Gasteiger partial charge in [-0.2, -0.15) is 0 Å². The van der Waals surface area contributed by atoms with Gasteiger partial charge in [0.2, 0.25) is 5.91 Å². The van der Waals surface area contributed by atoms with Crippen LogP contribution in [0.15, 0.2) is 21.5 Å². The van der Waals surface area contributed by atoms with Crippen LogP contribution in [-0.4, -0.2) is 25.2 Å². The number of halogens is 3. The minimum Gasteiger partial charge on any atom is -0.274 e. The third kappa shape index (κ3) is 3.11. The monoisotopic (exact) mass is 381 g/mol. The lowest BCUT2D eigenvalue weighted by molar-refractivity contribution is -0.123. The lowest BCUT2D eigenvalue weighted by Gasteiger charge is -2.18. The van der Waals surface area contributed by atoms with E-state index in [0.29, 0.717) is 10.4 Å². The van der Waals surface area contributed by atoms with Crippen LogP contribution < -0.4 is 0 Å². The van der Waals surface area contributed by atoms with Crippen molar-refractivity contribution in [3.63, 3.8) is 0 Å². The zero-order chi connectivity index (χ0) is 15.8. The third-order valence-corrected chi connectivity index (χ3v) is 6.13. The number of amides is 1. The van der Waals surface area contributed by atoms with E-state index in [1.54, 1.807) is 0 Å². The molecule has 1 heterocycles. The lowest BCUT2D eigenvalue weighted by Crippen LogP contribution is -2.33. The summed E-state index contributed by atoms with van der Waals surface area (Å²) < 4.78 is 52.3. The topological polar surface area (TPSA) is 54.5 Å². The Hall–Kier alpha value is -1.02. The molecule has 1 saturated heterocycles. The highest BCUT2D eigenvalue weighted by Gasteiger charge is 2.40. The summed E-state index contributed by atoms with van der Waals surface area (Å²) in [5.41, 5.74) is 0. The van der Waals surface area contributed by atoms with Crippen molar-refractivity contribution in [1.29, 1.82) is 0 Å². The summed E-state index contributed by atoms with van der Waals surface area (Å²) in [4.78, 5) is 11.2. The molecule has 0 saturated carbocycles. The first-order chi connectivity index (χ1) is 9.77. The van der Waals surface area contributed by atoms with Crippen molar-refractivity contribution in [1.82, 2.24) is 4.31 Å². The smallest absolute Gasteiger partial charge is 0.270 e. The summed E-state index contributed by atoms with van der Waals surface area (Å²) in [6.07, 6.45) is 1.69. The van der Waals surface area contributed by atoms with Crippen LogP contribution in [0.2, 0.25) is 0 Å². The van der Waals surface area contributed by atoms with Gasteiger partial charge in [-0.25, -0.2) is 21.5 Å². The minimum absolute atomic E-state index is 0.0399. The maximum Gasteiger partial charge on any atom is 0.270 e. The van der Waals surface area contributed by atoms with Crippen molar-refractivity contribution in [2.45, 2.75) is 31.1 Å². The van der Waals surface area contributed by atoms with Crippen molar-refractivity contribution in [3.8, 4) is 0 Å². The van der Waals surface area contributed by atoms with Gasteiger partial charge in [0.05, 0.1) is 0 Å². The van der Waals surface area contributed by atoms with E-state index in [9.17, 15) is 22.0 Å². The fourth-order valence-electron chi connectivity index (χ4n) is 2.47. The maximum absolute atomic E-state index is 13.8. The van der Waals surface area contributed by atoms with Crippen LogP contribution in [0, 0.1) is 17.6 Å². The largest absolute Gasteiger partial charge is 0.274 e. The number of rotatable bonds is 4. The Morgan fingerprint density at radius 2 is 2.05 bits per heavy atom. The van der Waals surface area contributed by atoms with Gasteiger partial charge in [0.25, 0.3) is 10.0 Å². The molecule has 0 aliphatic carbocycles. The predicted octanol–water partition coefficient (Wildman–Crippen LogP) is 3.06. The first kappa shape index (κ1) is 16.4. The summed E-state index contributed by atoms with van der Waals surface area (Å²) in [5.74, 6) is -2.72. The van der Waals surface area contributed by atoms with Gasteiger partial charge in [-0.15, -0.1) is 0 Å². The van der Waals surface area contributed by atoms with E-state index in [2.05, 4.69) is 15.9 Å². The van der Waals surface area contributed by atoms with Gasteiger partial charge in [-0.3, -0.25) is 4.79 Å². The van der Waals surface area contributed by atoms with Gasteiger partial charge in [0.15, 0.2) is 0 Å². The number of carbonyl (C=O) groups is 1. The van der Waals surface area contributed by atoms with Crippen LogP contribution in [0.3, 0.4) is 0 Å². The second-order valence-corrected chi connectivity index (χ2v) is 7.64. The zero-order valence-electron chi connectivity index (χ0n) is 11.3. The Labute approximate surface area is 130 Å². The summed E-state index contributed by atoms with van der Waals surface area (Å²) in [7, 11) is -4.32. The van der Waals surface area contributed by atoms with Crippen LogP contribution in [-0.2, 0) is 14.8 Å². The first-order valence-corrected chi connectivity index (χ1v) is 8.70. The molecule has 21 heavy (non-hydrogen) atoms. The molecule has 1 aromatic carbocycles. The van der Waals surface area contributed by atoms with Gasteiger partial charge in [0.1, 0.15) is 16.5 Å². The molecule has 0 spiro atoms. The molecule has 116 valence electrons. The molecule has 1 fully saturated rings. The summed E-state index contributed by atoms with van der Waals surface area (Å²) in [6.45, 7) is 1.98. The summed E-state index contributed by atoms with van der Waals surface area (Å²) >= 11 is 2.85. The molecular weight excluding hydrogens is 368 g/mol. The van der Waals surface area contributed by atoms with Crippen LogP contribution in [0.25, 0.3) is 0 Å². The molecule has 1 amide bonds. The van der Waals surface area contributed by atoms with Gasteiger partial charge in [0, 0.05) is 23.5 Å². The van der Waals surface area contributed by atoms with Crippen molar-refractivity contribution in [2.24, 2.45) is 5.92 Å². The van der Waals surface area contributed by atoms with E-state index in [4.69, 9.17) is 0 Å². The van der Waals surface area contributed by atoms with Crippen molar-refractivity contribution < 1.29 is 22.0 Å². The van der Waals surface area contributed by atoms with Gasteiger partial charge in [-0.05, 0) is 34.3 Å². The Morgan fingerprint density at radius 3 is 2.62 bits per heavy atom. The SMILES string of the molecule is CCCC1CC(=O)N(S(=O)(=O)c2c(F)cc(F)cc2Br)C1. The fourth-order valence-corrected chi connectivity index (χ4v) is 5.07. The van der Waals surface area contributed by atoms with Crippen LogP contribution in [0.1, 0.15) is 26.2 Å².